The van der Waals surface area contributed by atoms with Crippen LogP contribution in [0.4, 0.5) is 0 Å². The van der Waals surface area contributed by atoms with E-state index in [1.54, 1.807) is 0 Å². The summed E-state index contributed by atoms with van der Waals surface area (Å²) in [6, 6.07) is -0.333. The number of rotatable bonds is 2. The van der Waals surface area contributed by atoms with E-state index >= 15 is 0 Å². The first kappa shape index (κ1) is 12.2. The van der Waals surface area contributed by atoms with E-state index in [0.717, 1.165) is 30.4 Å². The number of carboxylic acids is 1. The number of thioether (sulfide) groups is 1. The van der Waals surface area contributed by atoms with E-state index in [0.29, 0.717) is 0 Å². The van der Waals surface area contributed by atoms with Crippen molar-refractivity contribution in [3.8, 4) is 0 Å². The van der Waals surface area contributed by atoms with Crippen LogP contribution in [0.3, 0.4) is 0 Å². The molecule has 2 N–H and O–H groups in total. The molecule has 2 rings (SSSR count). The molecule has 2 fully saturated rings. The Morgan fingerprint density at radius 3 is 2.50 bits per heavy atom. The molecule has 1 saturated carbocycles. The fraction of sp³-hybridized carbons (Fsp3) is 0.917. The summed E-state index contributed by atoms with van der Waals surface area (Å²) in [5.41, 5.74) is 0. The topological polar surface area (TPSA) is 49.3 Å². The van der Waals surface area contributed by atoms with Crippen LogP contribution < -0.4 is 5.32 Å². The fourth-order valence-corrected chi connectivity index (χ4v) is 4.30. The van der Waals surface area contributed by atoms with Crippen molar-refractivity contribution in [3.05, 3.63) is 0 Å². The van der Waals surface area contributed by atoms with E-state index in [-0.39, 0.29) is 10.9 Å². The average Bonchev–Trinajstić information content (AvgIpc) is 2.63. The number of hydrogen-bond acceptors (Lipinski definition) is 3. The standard InChI is InChI=1S/C12H21NO2S/c1-8(2)9-3-5-12(6-4-9)13-10(7-16-12)11(14)15/h8-10,13H,3-7H2,1-2H3,(H,14,15)/t9?,10-,12?/m0/s1. The second-order valence-corrected chi connectivity index (χ2v) is 6.83. The van der Waals surface area contributed by atoms with E-state index in [4.69, 9.17) is 5.11 Å². The highest BCUT2D eigenvalue weighted by molar-refractivity contribution is 8.00. The fourth-order valence-electron chi connectivity index (χ4n) is 2.84. The van der Waals surface area contributed by atoms with Crippen LogP contribution in [0.2, 0.25) is 0 Å². The van der Waals surface area contributed by atoms with Crippen LogP contribution in [0.5, 0.6) is 0 Å². The highest BCUT2D eigenvalue weighted by Crippen LogP contribution is 2.45. The van der Waals surface area contributed by atoms with Crippen LogP contribution >= 0.6 is 11.8 Å². The van der Waals surface area contributed by atoms with Crippen molar-refractivity contribution in [2.75, 3.05) is 5.75 Å². The quantitative estimate of drug-likeness (QED) is 0.781. The molecular weight excluding hydrogens is 222 g/mol. The SMILES string of the molecule is CC(C)C1CCC2(CC1)N[C@H](C(=O)O)CS2. The third kappa shape index (κ3) is 2.38. The van der Waals surface area contributed by atoms with Gasteiger partial charge >= 0.3 is 5.97 Å². The Morgan fingerprint density at radius 2 is 2.06 bits per heavy atom. The molecule has 0 aromatic carbocycles. The van der Waals surface area contributed by atoms with Gasteiger partial charge in [-0.15, -0.1) is 11.8 Å². The molecule has 0 aromatic heterocycles. The van der Waals surface area contributed by atoms with Crippen molar-refractivity contribution >= 4 is 17.7 Å². The summed E-state index contributed by atoms with van der Waals surface area (Å²) in [5.74, 6) is 1.62. The zero-order chi connectivity index (χ0) is 11.8. The second kappa shape index (κ2) is 4.57. The minimum absolute atomic E-state index is 0.0778. The molecule has 0 radical (unpaired) electrons. The van der Waals surface area contributed by atoms with Crippen LogP contribution in [0.25, 0.3) is 0 Å². The Kier molecular flexibility index (Phi) is 3.50. The maximum absolute atomic E-state index is 10.9. The Morgan fingerprint density at radius 1 is 1.44 bits per heavy atom. The van der Waals surface area contributed by atoms with Gasteiger partial charge in [0.2, 0.25) is 0 Å². The van der Waals surface area contributed by atoms with Gasteiger partial charge in [0.25, 0.3) is 0 Å². The Balaban J connectivity index is 1.91. The van der Waals surface area contributed by atoms with E-state index in [1.165, 1.54) is 12.8 Å². The lowest BCUT2D eigenvalue weighted by molar-refractivity contribution is -0.139. The molecule has 92 valence electrons. The molecule has 1 heterocycles. The predicted octanol–water partition coefficient (Wildman–Crippen LogP) is 2.32. The maximum atomic E-state index is 10.9. The van der Waals surface area contributed by atoms with Gasteiger partial charge in [-0.25, -0.2) is 0 Å². The van der Waals surface area contributed by atoms with E-state index in [9.17, 15) is 4.79 Å². The van der Waals surface area contributed by atoms with Crippen molar-refractivity contribution in [2.24, 2.45) is 11.8 Å². The Labute approximate surface area is 101 Å². The van der Waals surface area contributed by atoms with Crippen molar-refractivity contribution in [1.29, 1.82) is 0 Å². The smallest absolute Gasteiger partial charge is 0.321 e. The molecule has 16 heavy (non-hydrogen) atoms. The molecular formula is C12H21NO2S. The predicted molar refractivity (Wildman–Crippen MR) is 66.5 cm³/mol. The number of nitrogens with one attached hydrogen (secondary N) is 1. The molecule has 0 unspecified atom stereocenters. The number of carbonyl (C=O) groups is 1. The lowest BCUT2D eigenvalue weighted by Gasteiger charge is -2.38. The third-order valence-corrected chi connectivity index (χ3v) is 5.62. The first-order chi connectivity index (χ1) is 7.52. The summed E-state index contributed by atoms with van der Waals surface area (Å²) >= 11 is 1.82. The van der Waals surface area contributed by atoms with Gasteiger partial charge in [0.05, 0.1) is 4.87 Å². The zero-order valence-electron chi connectivity index (χ0n) is 10.0. The molecule has 1 aliphatic heterocycles. The lowest BCUT2D eigenvalue weighted by atomic mass is 9.79. The molecule has 1 aliphatic carbocycles. The average molecular weight is 243 g/mol. The maximum Gasteiger partial charge on any atom is 0.321 e. The Bertz CT molecular complexity index is 272. The minimum Gasteiger partial charge on any atom is -0.480 e. The van der Waals surface area contributed by atoms with Gasteiger partial charge in [0.1, 0.15) is 6.04 Å². The van der Waals surface area contributed by atoms with Crippen molar-refractivity contribution in [2.45, 2.75) is 50.4 Å². The van der Waals surface area contributed by atoms with Gasteiger partial charge in [-0.2, -0.15) is 0 Å². The van der Waals surface area contributed by atoms with Gasteiger partial charge < -0.3 is 5.11 Å². The van der Waals surface area contributed by atoms with Crippen molar-refractivity contribution < 1.29 is 9.90 Å². The second-order valence-electron chi connectivity index (χ2n) is 5.42. The summed E-state index contributed by atoms with van der Waals surface area (Å²) < 4.78 is 0. The first-order valence-corrected chi connectivity index (χ1v) is 7.15. The van der Waals surface area contributed by atoms with E-state index < -0.39 is 5.97 Å². The number of aliphatic carboxylic acids is 1. The van der Waals surface area contributed by atoms with Crippen molar-refractivity contribution in [3.63, 3.8) is 0 Å². The van der Waals surface area contributed by atoms with E-state index in [2.05, 4.69) is 19.2 Å². The summed E-state index contributed by atoms with van der Waals surface area (Å²) in [7, 11) is 0. The molecule has 0 amide bonds. The van der Waals surface area contributed by atoms with Crippen molar-refractivity contribution in [1.82, 2.24) is 5.32 Å². The van der Waals surface area contributed by atoms with Crippen LogP contribution in [0.1, 0.15) is 39.5 Å². The monoisotopic (exact) mass is 243 g/mol. The molecule has 1 spiro atoms. The number of hydrogen-bond donors (Lipinski definition) is 2. The molecule has 0 aromatic rings. The van der Waals surface area contributed by atoms with Crippen LogP contribution in [-0.2, 0) is 4.79 Å². The molecule has 3 nitrogen and oxygen atoms in total. The lowest BCUT2D eigenvalue weighted by Crippen LogP contribution is -2.47. The summed E-state index contributed by atoms with van der Waals surface area (Å²) in [4.78, 5) is 11.0. The van der Waals surface area contributed by atoms with Gasteiger partial charge in [-0.05, 0) is 37.5 Å². The van der Waals surface area contributed by atoms with Gasteiger partial charge in [0.15, 0.2) is 0 Å². The largest absolute Gasteiger partial charge is 0.480 e. The van der Waals surface area contributed by atoms with Gasteiger partial charge in [0, 0.05) is 5.75 Å². The first-order valence-electron chi connectivity index (χ1n) is 6.17. The Hall–Kier alpha value is -0.220. The minimum atomic E-state index is -0.699. The van der Waals surface area contributed by atoms with Crippen LogP contribution in [0.15, 0.2) is 0 Å². The molecule has 1 atom stereocenters. The summed E-state index contributed by atoms with van der Waals surface area (Å²) in [5, 5.41) is 12.3. The molecule has 4 heteroatoms. The summed E-state index contributed by atoms with van der Waals surface area (Å²) in [6.45, 7) is 4.58. The van der Waals surface area contributed by atoms with Gasteiger partial charge in [-0.1, -0.05) is 13.8 Å². The summed E-state index contributed by atoms with van der Waals surface area (Å²) in [6.07, 6.45) is 4.74. The number of carboxylic acid groups (broad SMARTS) is 1. The molecule has 0 bridgehead atoms. The molecule has 1 saturated heterocycles. The molecule has 2 aliphatic rings. The van der Waals surface area contributed by atoms with Crippen LogP contribution in [-0.4, -0.2) is 27.7 Å². The highest BCUT2D eigenvalue weighted by Gasteiger charge is 2.44. The van der Waals surface area contributed by atoms with Gasteiger partial charge in [-0.3, -0.25) is 10.1 Å². The zero-order valence-corrected chi connectivity index (χ0v) is 10.8. The van der Waals surface area contributed by atoms with E-state index in [1.807, 2.05) is 11.8 Å². The van der Waals surface area contributed by atoms with Crippen LogP contribution in [0, 0.1) is 11.8 Å². The normalized spacial score (nSPS) is 39.4. The third-order valence-electron chi connectivity index (χ3n) is 4.04. The highest BCUT2D eigenvalue weighted by atomic mass is 32.2.